The number of rotatable bonds is 4. The lowest BCUT2D eigenvalue weighted by atomic mass is 10.1. The first-order valence-electron chi connectivity index (χ1n) is 6.02. The maximum absolute atomic E-state index is 9.75. The Morgan fingerprint density at radius 1 is 1.21 bits per heavy atom. The molecule has 100 valence electrons. The second-order valence-electron chi connectivity index (χ2n) is 4.43. The van der Waals surface area contributed by atoms with Gasteiger partial charge >= 0.3 is 0 Å². The molecule has 1 atom stereocenters. The van der Waals surface area contributed by atoms with E-state index in [1.807, 2.05) is 12.1 Å². The number of phenolic OH excluding ortho intramolecular Hbond substituents is 1. The minimum atomic E-state index is 0.200. The van der Waals surface area contributed by atoms with Crippen LogP contribution in [0.1, 0.15) is 24.1 Å². The van der Waals surface area contributed by atoms with Crippen LogP contribution in [0, 0.1) is 0 Å². The van der Waals surface area contributed by atoms with Gasteiger partial charge in [-0.05, 0) is 42.8 Å². The first-order chi connectivity index (χ1) is 9.06. The summed E-state index contributed by atoms with van der Waals surface area (Å²) in [5.41, 5.74) is 2.00. The fourth-order valence-electron chi connectivity index (χ4n) is 1.83. The SMILES string of the molecule is C[C@@H](NCc1cc(Cl)ccc1O)c1ccc(Br)cc1. The highest BCUT2D eigenvalue weighted by Gasteiger charge is 2.07. The number of hydrogen-bond acceptors (Lipinski definition) is 2. The second kappa shape index (κ2) is 6.42. The van der Waals surface area contributed by atoms with Gasteiger partial charge in [-0.1, -0.05) is 39.7 Å². The standard InChI is InChI=1S/C15H15BrClNO/c1-10(11-2-4-13(16)5-3-11)18-9-12-8-14(17)6-7-15(12)19/h2-8,10,18-19H,9H2,1H3/t10-/m1/s1. The average molecular weight is 341 g/mol. The molecule has 2 aromatic rings. The number of nitrogens with one attached hydrogen (secondary N) is 1. The number of halogens is 2. The molecule has 0 heterocycles. The van der Waals surface area contributed by atoms with Gasteiger partial charge in [0, 0.05) is 27.6 Å². The van der Waals surface area contributed by atoms with Crippen LogP contribution in [0.2, 0.25) is 5.02 Å². The van der Waals surface area contributed by atoms with Crippen molar-refractivity contribution in [1.29, 1.82) is 0 Å². The summed E-state index contributed by atoms with van der Waals surface area (Å²) >= 11 is 9.34. The third kappa shape index (κ3) is 3.96. The van der Waals surface area contributed by atoms with E-state index in [1.54, 1.807) is 18.2 Å². The predicted octanol–water partition coefficient (Wildman–Crippen LogP) is 4.66. The first kappa shape index (κ1) is 14.4. The average Bonchev–Trinajstić information content (AvgIpc) is 2.40. The van der Waals surface area contributed by atoms with Crippen LogP contribution in [-0.2, 0) is 6.54 Å². The van der Waals surface area contributed by atoms with Crippen molar-refractivity contribution >= 4 is 27.5 Å². The van der Waals surface area contributed by atoms with E-state index >= 15 is 0 Å². The summed E-state index contributed by atoms with van der Waals surface area (Å²) in [5.74, 6) is 0.264. The van der Waals surface area contributed by atoms with E-state index in [4.69, 9.17) is 11.6 Å². The van der Waals surface area contributed by atoms with E-state index < -0.39 is 0 Å². The molecule has 0 aliphatic heterocycles. The number of phenols is 1. The molecule has 2 rings (SSSR count). The molecule has 0 unspecified atom stereocenters. The summed E-state index contributed by atoms with van der Waals surface area (Å²) in [6.07, 6.45) is 0. The molecule has 0 bridgehead atoms. The van der Waals surface area contributed by atoms with Crippen molar-refractivity contribution in [2.24, 2.45) is 0 Å². The van der Waals surface area contributed by atoms with E-state index in [0.29, 0.717) is 11.6 Å². The highest BCUT2D eigenvalue weighted by molar-refractivity contribution is 9.10. The van der Waals surface area contributed by atoms with Gasteiger partial charge in [-0.3, -0.25) is 0 Å². The zero-order valence-electron chi connectivity index (χ0n) is 10.5. The van der Waals surface area contributed by atoms with Gasteiger partial charge in [-0.2, -0.15) is 0 Å². The van der Waals surface area contributed by atoms with E-state index in [2.05, 4.69) is 40.3 Å². The van der Waals surface area contributed by atoms with E-state index in [-0.39, 0.29) is 11.8 Å². The molecule has 4 heteroatoms. The van der Waals surface area contributed by atoms with Gasteiger partial charge in [0.15, 0.2) is 0 Å². The van der Waals surface area contributed by atoms with E-state index in [0.717, 1.165) is 10.0 Å². The molecular weight excluding hydrogens is 326 g/mol. The molecule has 0 spiro atoms. The topological polar surface area (TPSA) is 32.3 Å². The third-order valence-electron chi connectivity index (χ3n) is 3.01. The Kier molecular flexibility index (Phi) is 4.86. The highest BCUT2D eigenvalue weighted by atomic mass is 79.9. The molecule has 0 aliphatic carbocycles. The number of benzene rings is 2. The largest absolute Gasteiger partial charge is 0.508 e. The summed E-state index contributed by atoms with van der Waals surface area (Å²) in [6.45, 7) is 2.66. The van der Waals surface area contributed by atoms with Gasteiger partial charge < -0.3 is 10.4 Å². The summed E-state index contributed by atoms with van der Waals surface area (Å²) in [4.78, 5) is 0. The van der Waals surface area contributed by atoms with Crippen molar-refractivity contribution in [3.05, 3.63) is 63.1 Å². The van der Waals surface area contributed by atoms with Crippen LogP contribution in [0.25, 0.3) is 0 Å². The van der Waals surface area contributed by atoms with Crippen molar-refractivity contribution in [2.45, 2.75) is 19.5 Å². The van der Waals surface area contributed by atoms with Crippen LogP contribution in [0.4, 0.5) is 0 Å². The lowest BCUT2D eigenvalue weighted by Crippen LogP contribution is -2.18. The Morgan fingerprint density at radius 2 is 1.89 bits per heavy atom. The third-order valence-corrected chi connectivity index (χ3v) is 3.77. The summed E-state index contributed by atoms with van der Waals surface area (Å²) in [7, 11) is 0. The summed E-state index contributed by atoms with van der Waals surface area (Å²) < 4.78 is 1.07. The zero-order valence-corrected chi connectivity index (χ0v) is 12.9. The smallest absolute Gasteiger partial charge is 0.120 e. The van der Waals surface area contributed by atoms with Crippen LogP contribution >= 0.6 is 27.5 Å². The van der Waals surface area contributed by atoms with Gasteiger partial charge in [0.25, 0.3) is 0 Å². The quantitative estimate of drug-likeness (QED) is 0.848. The predicted molar refractivity (Wildman–Crippen MR) is 82.5 cm³/mol. The number of aromatic hydroxyl groups is 1. The van der Waals surface area contributed by atoms with Crippen molar-refractivity contribution < 1.29 is 5.11 Å². The highest BCUT2D eigenvalue weighted by Crippen LogP contribution is 2.23. The lowest BCUT2D eigenvalue weighted by Gasteiger charge is -2.15. The molecule has 0 saturated heterocycles. The molecule has 0 radical (unpaired) electrons. The molecule has 0 saturated carbocycles. The van der Waals surface area contributed by atoms with E-state index in [1.165, 1.54) is 5.56 Å². The normalized spacial score (nSPS) is 12.4. The first-order valence-corrected chi connectivity index (χ1v) is 7.19. The van der Waals surface area contributed by atoms with Gasteiger partial charge in [-0.15, -0.1) is 0 Å². The van der Waals surface area contributed by atoms with Crippen LogP contribution < -0.4 is 5.32 Å². The van der Waals surface area contributed by atoms with Crippen LogP contribution in [-0.4, -0.2) is 5.11 Å². The second-order valence-corrected chi connectivity index (χ2v) is 5.78. The Bertz CT molecular complexity index is 557. The van der Waals surface area contributed by atoms with E-state index in [9.17, 15) is 5.11 Å². The zero-order chi connectivity index (χ0) is 13.8. The minimum absolute atomic E-state index is 0.200. The maximum Gasteiger partial charge on any atom is 0.120 e. The molecule has 0 amide bonds. The molecule has 2 aromatic carbocycles. The molecular formula is C15H15BrClNO. The van der Waals surface area contributed by atoms with Crippen molar-refractivity contribution in [1.82, 2.24) is 5.32 Å². The Labute approximate surface area is 126 Å². The molecule has 0 aromatic heterocycles. The van der Waals surface area contributed by atoms with Crippen molar-refractivity contribution in [3.8, 4) is 5.75 Å². The van der Waals surface area contributed by atoms with Gasteiger partial charge in [0.2, 0.25) is 0 Å². The summed E-state index contributed by atoms with van der Waals surface area (Å²) in [6, 6.07) is 13.4. The number of hydrogen-bond donors (Lipinski definition) is 2. The van der Waals surface area contributed by atoms with Gasteiger partial charge in [-0.25, -0.2) is 0 Å². The van der Waals surface area contributed by atoms with Crippen LogP contribution in [0.15, 0.2) is 46.9 Å². The fourth-order valence-corrected chi connectivity index (χ4v) is 2.29. The monoisotopic (exact) mass is 339 g/mol. The Morgan fingerprint density at radius 3 is 2.58 bits per heavy atom. The van der Waals surface area contributed by atoms with Crippen LogP contribution in [0.3, 0.4) is 0 Å². The molecule has 2 N–H and O–H groups in total. The van der Waals surface area contributed by atoms with Crippen molar-refractivity contribution in [3.63, 3.8) is 0 Å². The molecule has 0 aliphatic rings. The van der Waals surface area contributed by atoms with Crippen molar-refractivity contribution in [2.75, 3.05) is 0 Å². The minimum Gasteiger partial charge on any atom is -0.508 e. The fraction of sp³-hybridized carbons (Fsp3) is 0.200. The maximum atomic E-state index is 9.75. The molecule has 19 heavy (non-hydrogen) atoms. The Hall–Kier alpha value is -1.03. The van der Waals surface area contributed by atoms with Crippen LogP contribution in [0.5, 0.6) is 5.75 Å². The molecule has 0 fully saturated rings. The van der Waals surface area contributed by atoms with Gasteiger partial charge in [0.05, 0.1) is 0 Å². The van der Waals surface area contributed by atoms with Gasteiger partial charge in [0.1, 0.15) is 5.75 Å². The lowest BCUT2D eigenvalue weighted by molar-refractivity contribution is 0.460. The summed E-state index contributed by atoms with van der Waals surface area (Å²) in [5, 5.41) is 13.7. The Balaban J connectivity index is 2.02. The molecule has 2 nitrogen and oxygen atoms in total.